The van der Waals surface area contributed by atoms with Gasteiger partial charge >= 0.3 is 11.9 Å². The topological polar surface area (TPSA) is 52.6 Å². The summed E-state index contributed by atoms with van der Waals surface area (Å²) in [6, 6.07) is 5.50. The average Bonchev–Trinajstić information content (AvgIpc) is 2.67. The molecule has 2 rings (SSSR count). The molecule has 1 heterocycles. The molecule has 0 saturated carbocycles. The number of ether oxygens (including phenoxy) is 2. The molecular formula is C17H20O4. The van der Waals surface area contributed by atoms with Gasteiger partial charge in [-0.15, -0.1) is 0 Å². The van der Waals surface area contributed by atoms with E-state index in [9.17, 15) is 9.59 Å². The molecule has 0 fully saturated rings. The molecule has 0 bridgehead atoms. The lowest BCUT2D eigenvalue weighted by Crippen LogP contribution is -2.40. The van der Waals surface area contributed by atoms with Crippen molar-refractivity contribution in [1.29, 1.82) is 0 Å². The van der Waals surface area contributed by atoms with Crippen LogP contribution in [-0.2, 0) is 25.2 Å². The predicted octanol–water partition coefficient (Wildman–Crippen LogP) is 2.89. The number of hydrogen-bond acceptors (Lipinski definition) is 4. The smallest absolute Gasteiger partial charge is 0.333 e. The second kappa shape index (κ2) is 5.02. The quantitative estimate of drug-likeness (QED) is 0.371. The molecule has 1 aliphatic rings. The third-order valence-electron chi connectivity index (χ3n) is 3.74. The van der Waals surface area contributed by atoms with Crippen LogP contribution in [0, 0.1) is 0 Å². The van der Waals surface area contributed by atoms with E-state index in [1.807, 2.05) is 12.1 Å². The number of fused-ring (bicyclic) bond motifs is 1. The Kier molecular flexibility index (Phi) is 3.66. The van der Waals surface area contributed by atoms with Gasteiger partial charge in [0.25, 0.3) is 0 Å². The molecule has 0 amide bonds. The summed E-state index contributed by atoms with van der Waals surface area (Å²) < 4.78 is 10.3. The molecule has 1 aromatic rings. The Balaban J connectivity index is 2.50. The van der Waals surface area contributed by atoms with Crippen molar-refractivity contribution < 1.29 is 19.1 Å². The highest BCUT2D eigenvalue weighted by Gasteiger charge is 2.53. The van der Waals surface area contributed by atoms with Gasteiger partial charge in [-0.3, -0.25) is 9.59 Å². The molecule has 4 heteroatoms. The summed E-state index contributed by atoms with van der Waals surface area (Å²) in [7, 11) is 0. The molecule has 0 aromatic heterocycles. The maximum absolute atomic E-state index is 12.3. The van der Waals surface area contributed by atoms with E-state index < -0.39 is 17.4 Å². The van der Waals surface area contributed by atoms with Gasteiger partial charge in [0.15, 0.2) is 5.41 Å². The van der Waals surface area contributed by atoms with Crippen LogP contribution in [-0.4, -0.2) is 18.5 Å². The van der Waals surface area contributed by atoms with Crippen LogP contribution in [0.15, 0.2) is 30.9 Å². The molecule has 0 unspecified atom stereocenters. The summed E-state index contributed by atoms with van der Waals surface area (Å²) in [5.41, 5.74) is 0.0860. The lowest BCUT2D eigenvalue weighted by Gasteiger charge is -2.22. The van der Waals surface area contributed by atoms with Crippen LogP contribution in [0.3, 0.4) is 0 Å². The maximum Gasteiger partial charge on any atom is 0.333 e. The summed E-state index contributed by atoms with van der Waals surface area (Å²) in [4.78, 5) is 24.5. The van der Waals surface area contributed by atoms with Gasteiger partial charge in [0, 0.05) is 5.56 Å². The second-order valence-corrected chi connectivity index (χ2v) is 6.36. The highest BCUT2D eigenvalue weighted by atomic mass is 16.6. The molecular weight excluding hydrogens is 268 g/mol. The van der Waals surface area contributed by atoms with Crippen molar-refractivity contribution in [2.24, 2.45) is 0 Å². The maximum atomic E-state index is 12.3. The zero-order valence-corrected chi connectivity index (χ0v) is 12.9. The Labute approximate surface area is 124 Å². The van der Waals surface area contributed by atoms with Crippen LogP contribution in [0.5, 0.6) is 5.75 Å². The zero-order valence-electron chi connectivity index (χ0n) is 12.9. The largest absolute Gasteiger partial charge is 0.460 e. The van der Waals surface area contributed by atoms with Gasteiger partial charge in [-0.25, -0.2) is 0 Å². The first-order chi connectivity index (χ1) is 9.71. The SMILES string of the molecule is C=CCOC(=O)[C@@]1(C)C(=O)Oc2ccc(C(C)(C)C)cc21. The number of hydrogen-bond donors (Lipinski definition) is 0. The van der Waals surface area contributed by atoms with Crippen LogP contribution in [0.2, 0.25) is 0 Å². The van der Waals surface area contributed by atoms with Gasteiger partial charge in [-0.1, -0.05) is 39.5 Å². The molecule has 0 aliphatic carbocycles. The van der Waals surface area contributed by atoms with Gasteiger partial charge in [0.1, 0.15) is 12.4 Å². The van der Waals surface area contributed by atoms with Gasteiger partial charge in [-0.05, 0) is 30.0 Å². The van der Waals surface area contributed by atoms with Crippen molar-refractivity contribution in [2.75, 3.05) is 6.61 Å². The second-order valence-electron chi connectivity index (χ2n) is 6.36. The van der Waals surface area contributed by atoms with E-state index in [2.05, 4.69) is 27.4 Å². The van der Waals surface area contributed by atoms with Crippen LogP contribution < -0.4 is 4.74 Å². The van der Waals surface area contributed by atoms with Crippen molar-refractivity contribution in [3.8, 4) is 5.75 Å². The first kappa shape index (κ1) is 15.3. The van der Waals surface area contributed by atoms with E-state index in [1.54, 1.807) is 13.0 Å². The van der Waals surface area contributed by atoms with Gasteiger partial charge in [0.2, 0.25) is 0 Å². The number of rotatable bonds is 3. The number of carbonyl (C=O) groups excluding carboxylic acids is 2. The third kappa shape index (κ3) is 2.46. The Morgan fingerprint density at radius 3 is 2.67 bits per heavy atom. The fraction of sp³-hybridized carbons (Fsp3) is 0.412. The first-order valence-electron chi connectivity index (χ1n) is 6.86. The lowest BCUT2D eigenvalue weighted by molar-refractivity contribution is -0.156. The highest BCUT2D eigenvalue weighted by Crippen LogP contribution is 2.42. The molecule has 112 valence electrons. The normalized spacial score (nSPS) is 20.7. The van der Waals surface area contributed by atoms with E-state index in [1.165, 1.54) is 6.08 Å². The van der Waals surface area contributed by atoms with Gasteiger partial charge < -0.3 is 9.47 Å². The molecule has 1 atom stereocenters. The Hall–Kier alpha value is -2.10. The molecule has 21 heavy (non-hydrogen) atoms. The molecule has 1 aromatic carbocycles. The molecule has 0 radical (unpaired) electrons. The fourth-order valence-electron chi connectivity index (χ4n) is 2.26. The molecule has 1 aliphatic heterocycles. The minimum Gasteiger partial charge on any atom is -0.460 e. The third-order valence-corrected chi connectivity index (χ3v) is 3.74. The first-order valence-corrected chi connectivity index (χ1v) is 6.86. The van der Waals surface area contributed by atoms with Gasteiger partial charge in [-0.2, -0.15) is 0 Å². The van der Waals surface area contributed by atoms with Crippen LogP contribution in [0.25, 0.3) is 0 Å². The van der Waals surface area contributed by atoms with Crippen molar-refractivity contribution in [3.05, 3.63) is 42.0 Å². The standard InChI is InChI=1S/C17H20O4/c1-6-9-20-14(18)17(5)12-10-11(16(2,3)4)7-8-13(12)21-15(17)19/h6-8,10H,1,9H2,2-5H3/t17-/m0/s1. The van der Waals surface area contributed by atoms with E-state index >= 15 is 0 Å². The molecule has 0 N–H and O–H groups in total. The number of carbonyl (C=O) groups is 2. The minimum absolute atomic E-state index is 0.0655. The van der Waals surface area contributed by atoms with Crippen molar-refractivity contribution >= 4 is 11.9 Å². The summed E-state index contributed by atoms with van der Waals surface area (Å²) in [6.07, 6.45) is 1.47. The predicted molar refractivity (Wildman–Crippen MR) is 79.3 cm³/mol. The Bertz CT molecular complexity index is 610. The average molecular weight is 288 g/mol. The summed E-state index contributed by atoms with van der Waals surface area (Å²) in [5.74, 6) is -0.791. The molecule has 4 nitrogen and oxygen atoms in total. The lowest BCUT2D eigenvalue weighted by atomic mass is 9.79. The van der Waals surface area contributed by atoms with Crippen molar-refractivity contribution in [1.82, 2.24) is 0 Å². The number of esters is 2. The minimum atomic E-state index is -1.42. The molecule has 0 spiro atoms. The van der Waals surface area contributed by atoms with Crippen LogP contribution in [0.4, 0.5) is 0 Å². The molecule has 0 saturated heterocycles. The van der Waals surface area contributed by atoms with Crippen molar-refractivity contribution in [2.45, 2.75) is 38.5 Å². The summed E-state index contributed by atoms with van der Waals surface area (Å²) >= 11 is 0. The van der Waals surface area contributed by atoms with Crippen LogP contribution in [0.1, 0.15) is 38.8 Å². The van der Waals surface area contributed by atoms with E-state index in [0.29, 0.717) is 11.3 Å². The van der Waals surface area contributed by atoms with E-state index in [0.717, 1.165) is 5.56 Å². The van der Waals surface area contributed by atoms with Gasteiger partial charge in [0.05, 0.1) is 0 Å². The van der Waals surface area contributed by atoms with E-state index in [4.69, 9.17) is 9.47 Å². The summed E-state index contributed by atoms with van der Waals surface area (Å²) in [5, 5.41) is 0. The highest BCUT2D eigenvalue weighted by molar-refractivity contribution is 6.09. The van der Waals surface area contributed by atoms with Crippen molar-refractivity contribution in [3.63, 3.8) is 0 Å². The Morgan fingerprint density at radius 1 is 1.43 bits per heavy atom. The monoisotopic (exact) mass is 288 g/mol. The Morgan fingerprint density at radius 2 is 2.10 bits per heavy atom. The zero-order chi connectivity index (χ0) is 15.8. The van der Waals surface area contributed by atoms with E-state index in [-0.39, 0.29) is 12.0 Å². The number of benzene rings is 1. The fourth-order valence-corrected chi connectivity index (χ4v) is 2.26. The summed E-state index contributed by atoms with van der Waals surface area (Å²) in [6.45, 7) is 11.3. The van der Waals surface area contributed by atoms with Crippen LogP contribution >= 0.6 is 0 Å².